The summed E-state index contributed by atoms with van der Waals surface area (Å²) in [6.45, 7) is 5.90. The molecule has 6 nitrogen and oxygen atoms in total. The van der Waals surface area contributed by atoms with Gasteiger partial charge in [0.1, 0.15) is 11.5 Å². The summed E-state index contributed by atoms with van der Waals surface area (Å²) < 4.78 is 11.3. The summed E-state index contributed by atoms with van der Waals surface area (Å²) in [6, 6.07) is 24.4. The monoisotopic (exact) mass is 482 g/mol. The lowest BCUT2D eigenvalue weighted by Gasteiger charge is -2.17. The molecule has 0 aliphatic carbocycles. The summed E-state index contributed by atoms with van der Waals surface area (Å²) in [5.41, 5.74) is 3.71. The summed E-state index contributed by atoms with van der Waals surface area (Å²) in [7, 11) is 1.55. The van der Waals surface area contributed by atoms with Crippen LogP contribution in [0.5, 0.6) is 11.5 Å². The van der Waals surface area contributed by atoms with Gasteiger partial charge in [-0.05, 0) is 59.0 Å². The van der Waals surface area contributed by atoms with E-state index in [2.05, 4.69) is 24.5 Å². The molecule has 2 N–H and O–H groups in total. The van der Waals surface area contributed by atoms with Crippen LogP contribution in [0.2, 0.25) is 0 Å². The van der Waals surface area contributed by atoms with Crippen LogP contribution in [0.25, 0.3) is 10.8 Å². The van der Waals surface area contributed by atoms with E-state index in [-0.39, 0.29) is 24.3 Å². The van der Waals surface area contributed by atoms with Crippen LogP contribution < -0.4 is 20.1 Å². The fourth-order valence-electron chi connectivity index (χ4n) is 4.11. The van der Waals surface area contributed by atoms with E-state index in [1.54, 1.807) is 31.4 Å². The Morgan fingerprint density at radius 3 is 2.25 bits per heavy atom. The summed E-state index contributed by atoms with van der Waals surface area (Å²) in [5.74, 6) is 0.474. The van der Waals surface area contributed by atoms with E-state index in [0.717, 1.165) is 27.6 Å². The molecule has 4 rings (SSSR count). The predicted octanol–water partition coefficient (Wildman–Crippen LogP) is 6.55. The third kappa shape index (κ3) is 5.49. The first-order chi connectivity index (χ1) is 17.4. The Bertz CT molecular complexity index is 1410. The number of carbonyl (C=O) groups is 2. The van der Waals surface area contributed by atoms with Gasteiger partial charge >= 0.3 is 0 Å². The second-order valence-corrected chi connectivity index (χ2v) is 8.88. The fraction of sp³-hybridized carbons (Fsp3) is 0.200. The van der Waals surface area contributed by atoms with E-state index in [4.69, 9.17) is 9.47 Å². The number of benzene rings is 4. The zero-order chi connectivity index (χ0) is 25.7. The molecule has 0 bridgehead atoms. The van der Waals surface area contributed by atoms with Crippen LogP contribution >= 0.6 is 0 Å². The average Bonchev–Trinajstić information content (AvgIpc) is 2.88. The number of nitrogens with one attached hydrogen (secondary N) is 2. The van der Waals surface area contributed by atoms with Crippen molar-refractivity contribution in [2.24, 2.45) is 0 Å². The summed E-state index contributed by atoms with van der Waals surface area (Å²) in [5, 5.41) is 7.68. The largest absolute Gasteiger partial charge is 0.495 e. The van der Waals surface area contributed by atoms with Crippen LogP contribution in [0.15, 0.2) is 78.9 Å². The Hall–Kier alpha value is -4.32. The van der Waals surface area contributed by atoms with Crippen molar-refractivity contribution in [2.75, 3.05) is 24.4 Å². The van der Waals surface area contributed by atoms with Crippen molar-refractivity contribution in [3.63, 3.8) is 0 Å². The molecule has 0 heterocycles. The zero-order valence-corrected chi connectivity index (χ0v) is 20.9. The third-order valence-corrected chi connectivity index (χ3v) is 6.00. The molecule has 0 saturated carbocycles. The zero-order valence-electron chi connectivity index (χ0n) is 20.9. The Kier molecular flexibility index (Phi) is 7.54. The number of para-hydroxylation sites is 3. The van der Waals surface area contributed by atoms with E-state index in [9.17, 15) is 9.59 Å². The van der Waals surface area contributed by atoms with E-state index < -0.39 is 0 Å². The van der Waals surface area contributed by atoms with Crippen molar-refractivity contribution in [2.45, 2.75) is 26.7 Å². The Morgan fingerprint density at radius 2 is 1.53 bits per heavy atom. The number of ether oxygens (including phenoxy) is 2. The number of fused-ring (bicyclic) bond motifs is 1. The summed E-state index contributed by atoms with van der Waals surface area (Å²) in [6.07, 6.45) is 0. The average molecular weight is 483 g/mol. The third-order valence-electron chi connectivity index (χ3n) is 6.00. The molecule has 4 aromatic rings. The van der Waals surface area contributed by atoms with Gasteiger partial charge in [-0.3, -0.25) is 9.59 Å². The van der Waals surface area contributed by atoms with Crippen LogP contribution in [0.4, 0.5) is 11.4 Å². The first-order valence-corrected chi connectivity index (χ1v) is 11.9. The van der Waals surface area contributed by atoms with Crippen LogP contribution in [-0.4, -0.2) is 25.5 Å². The second kappa shape index (κ2) is 11.0. The highest BCUT2D eigenvalue weighted by molar-refractivity contribution is 6.09. The van der Waals surface area contributed by atoms with Crippen molar-refractivity contribution in [3.8, 4) is 11.5 Å². The van der Waals surface area contributed by atoms with Gasteiger partial charge in [0.2, 0.25) is 0 Å². The van der Waals surface area contributed by atoms with Gasteiger partial charge in [-0.2, -0.15) is 0 Å². The molecular formula is C30H30N2O4. The fourth-order valence-corrected chi connectivity index (χ4v) is 4.11. The number of aryl methyl sites for hydroxylation is 1. The maximum atomic E-state index is 13.3. The van der Waals surface area contributed by atoms with Gasteiger partial charge in [-0.25, -0.2) is 0 Å². The Balaban J connectivity index is 1.59. The van der Waals surface area contributed by atoms with E-state index >= 15 is 0 Å². The molecule has 4 aromatic carbocycles. The van der Waals surface area contributed by atoms with Gasteiger partial charge in [0, 0.05) is 5.69 Å². The molecule has 0 spiro atoms. The normalized spacial score (nSPS) is 10.8. The van der Waals surface area contributed by atoms with Crippen molar-refractivity contribution >= 4 is 34.0 Å². The molecule has 184 valence electrons. The predicted molar refractivity (Wildman–Crippen MR) is 144 cm³/mol. The van der Waals surface area contributed by atoms with Crippen molar-refractivity contribution in [3.05, 3.63) is 95.6 Å². The molecule has 2 amide bonds. The van der Waals surface area contributed by atoms with Crippen LogP contribution in [0.3, 0.4) is 0 Å². The molecule has 36 heavy (non-hydrogen) atoms. The molecule has 0 aliphatic rings. The molecular weight excluding hydrogens is 452 g/mol. The summed E-state index contributed by atoms with van der Waals surface area (Å²) in [4.78, 5) is 26.2. The molecule has 0 fully saturated rings. The topological polar surface area (TPSA) is 76.7 Å². The van der Waals surface area contributed by atoms with Crippen LogP contribution in [0.1, 0.15) is 41.3 Å². The minimum Gasteiger partial charge on any atom is -0.495 e. The van der Waals surface area contributed by atoms with Gasteiger partial charge in [0.15, 0.2) is 6.61 Å². The number of hydrogen-bond acceptors (Lipinski definition) is 4. The number of methoxy groups -OCH3 is 1. The number of anilines is 2. The van der Waals surface area contributed by atoms with Gasteiger partial charge in [-0.15, -0.1) is 0 Å². The highest BCUT2D eigenvalue weighted by Crippen LogP contribution is 2.30. The van der Waals surface area contributed by atoms with Crippen molar-refractivity contribution < 1.29 is 19.1 Å². The number of carbonyl (C=O) groups excluding carboxylic acids is 2. The first-order valence-electron chi connectivity index (χ1n) is 11.9. The van der Waals surface area contributed by atoms with E-state index in [1.807, 2.05) is 61.5 Å². The molecule has 0 aromatic heterocycles. The highest BCUT2D eigenvalue weighted by Gasteiger charge is 2.18. The highest BCUT2D eigenvalue weighted by atomic mass is 16.5. The minimum absolute atomic E-state index is 0.237. The van der Waals surface area contributed by atoms with Gasteiger partial charge < -0.3 is 20.1 Å². The lowest BCUT2D eigenvalue weighted by molar-refractivity contribution is -0.118. The Labute approximate surface area is 211 Å². The van der Waals surface area contributed by atoms with Crippen molar-refractivity contribution in [1.82, 2.24) is 0 Å². The smallest absolute Gasteiger partial charge is 0.262 e. The maximum absolute atomic E-state index is 13.3. The lowest BCUT2D eigenvalue weighted by Crippen LogP contribution is -2.23. The number of amides is 2. The van der Waals surface area contributed by atoms with E-state index in [1.165, 1.54) is 0 Å². The molecule has 0 unspecified atom stereocenters. The van der Waals surface area contributed by atoms with Gasteiger partial charge in [-0.1, -0.05) is 68.4 Å². The molecule has 0 saturated heterocycles. The van der Waals surface area contributed by atoms with Crippen molar-refractivity contribution in [1.29, 1.82) is 0 Å². The van der Waals surface area contributed by atoms with E-state index in [0.29, 0.717) is 22.7 Å². The minimum atomic E-state index is -0.360. The SMILES string of the molecule is COc1ccccc1NC(=O)c1cc2ccccc2cc1OCC(=O)Nc1c(C)cccc1C(C)C. The quantitative estimate of drug-likeness (QED) is 0.299. The van der Waals surface area contributed by atoms with Crippen LogP contribution in [-0.2, 0) is 4.79 Å². The number of hydrogen-bond donors (Lipinski definition) is 2. The standard InChI is InChI=1S/C30H30N2O4/c1-19(2)23-13-9-10-20(3)29(23)32-28(33)18-36-27-17-22-12-6-5-11-21(22)16-24(27)30(34)31-25-14-7-8-15-26(25)35-4/h5-17,19H,18H2,1-4H3,(H,31,34)(H,32,33). The first kappa shape index (κ1) is 24.8. The second-order valence-electron chi connectivity index (χ2n) is 8.88. The number of rotatable bonds is 8. The van der Waals surface area contributed by atoms with Gasteiger partial charge in [0.25, 0.3) is 11.8 Å². The molecule has 0 aliphatic heterocycles. The molecule has 0 atom stereocenters. The lowest BCUT2D eigenvalue weighted by atomic mass is 9.98. The molecule has 0 radical (unpaired) electrons. The van der Waals surface area contributed by atoms with Crippen LogP contribution in [0, 0.1) is 6.92 Å². The Morgan fingerprint density at radius 1 is 0.833 bits per heavy atom. The molecule has 6 heteroatoms. The summed E-state index contributed by atoms with van der Waals surface area (Å²) >= 11 is 0. The van der Waals surface area contributed by atoms with Gasteiger partial charge in [0.05, 0.1) is 18.4 Å². The maximum Gasteiger partial charge on any atom is 0.262 e.